The first-order valence-electron chi connectivity index (χ1n) is 12.3. The Morgan fingerprint density at radius 2 is 1.42 bits per heavy atom. The summed E-state index contributed by atoms with van der Waals surface area (Å²) in [7, 11) is 0. The van der Waals surface area contributed by atoms with E-state index >= 15 is 0 Å². The minimum Gasteiger partial charge on any atom is -0.487 e. The van der Waals surface area contributed by atoms with Crippen molar-refractivity contribution in [2.75, 3.05) is 0 Å². The average molecular weight is 708 g/mol. The van der Waals surface area contributed by atoms with Gasteiger partial charge in [-0.3, -0.25) is 9.59 Å². The molecule has 1 aliphatic heterocycles. The summed E-state index contributed by atoms with van der Waals surface area (Å²) in [5, 5.41) is 0. The van der Waals surface area contributed by atoms with Crippen LogP contribution in [0.4, 0.5) is 0 Å². The van der Waals surface area contributed by atoms with Crippen LogP contribution in [0.5, 0.6) is 5.75 Å². The molecule has 0 bridgehead atoms. The Morgan fingerprint density at radius 3 is 1.97 bits per heavy atom. The number of benzene rings is 2. The third kappa shape index (κ3) is 5.04. The highest BCUT2D eigenvalue weighted by Gasteiger charge is 2.48. The van der Waals surface area contributed by atoms with E-state index < -0.39 is 5.92 Å². The van der Waals surface area contributed by atoms with Gasteiger partial charge in [-0.25, -0.2) is 0 Å². The van der Waals surface area contributed by atoms with Gasteiger partial charge in [-0.2, -0.15) is 0 Å². The number of rotatable bonds is 4. The highest BCUT2D eigenvalue weighted by Crippen LogP contribution is 2.55. The van der Waals surface area contributed by atoms with E-state index in [1.807, 2.05) is 30.3 Å². The maximum atomic E-state index is 13.7. The molecule has 188 valence electrons. The van der Waals surface area contributed by atoms with Crippen molar-refractivity contribution in [1.82, 2.24) is 0 Å². The van der Waals surface area contributed by atoms with Gasteiger partial charge in [0.1, 0.15) is 23.9 Å². The van der Waals surface area contributed by atoms with Gasteiger partial charge >= 0.3 is 0 Å². The molecule has 0 fully saturated rings. The van der Waals surface area contributed by atoms with Crippen molar-refractivity contribution in [2.45, 2.75) is 65.9 Å². The smallest absolute Gasteiger partial charge is 0.163 e. The fourth-order valence-corrected chi connectivity index (χ4v) is 7.71. The van der Waals surface area contributed by atoms with Crippen LogP contribution in [0.2, 0.25) is 0 Å². The summed E-state index contributed by atoms with van der Waals surface area (Å²) in [5.41, 5.74) is 2.87. The fraction of sp³-hybridized carbons (Fsp3) is 0.400. The lowest BCUT2D eigenvalue weighted by Gasteiger charge is -2.43. The van der Waals surface area contributed by atoms with Gasteiger partial charge in [0.15, 0.2) is 11.6 Å². The molecule has 2 aliphatic carbocycles. The molecule has 4 nitrogen and oxygen atoms in total. The van der Waals surface area contributed by atoms with Gasteiger partial charge in [-0.1, -0.05) is 58.0 Å². The number of allylic oxidation sites excluding steroid dienone is 4. The summed E-state index contributed by atoms with van der Waals surface area (Å²) in [6.07, 6.45) is 2.23. The average Bonchev–Trinajstić information content (AvgIpc) is 2.75. The number of carbonyl (C=O) groups excluding carboxylic acids is 2. The number of hydrogen-bond donors (Lipinski definition) is 0. The van der Waals surface area contributed by atoms with Crippen LogP contribution in [0, 0.1) is 18.0 Å². The Bertz CT molecular complexity index is 1270. The largest absolute Gasteiger partial charge is 0.487 e. The summed E-state index contributed by atoms with van der Waals surface area (Å²) < 4.78 is 14.9. The molecule has 0 spiro atoms. The number of ether oxygens (including phenoxy) is 2. The van der Waals surface area contributed by atoms with Gasteiger partial charge in [0.2, 0.25) is 0 Å². The zero-order valence-electron chi connectivity index (χ0n) is 21.0. The number of hydrogen-bond acceptors (Lipinski definition) is 4. The van der Waals surface area contributed by atoms with Crippen LogP contribution < -0.4 is 4.74 Å². The van der Waals surface area contributed by atoms with Gasteiger partial charge in [0, 0.05) is 46.0 Å². The van der Waals surface area contributed by atoms with E-state index in [0.717, 1.165) is 35.5 Å². The molecule has 0 radical (unpaired) electrons. The van der Waals surface area contributed by atoms with Crippen molar-refractivity contribution in [1.29, 1.82) is 0 Å². The fourth-order valence-electron chi connectivity index (χ4n) is 5.66. The molecule has 5 rings (SSSR count). The molecule has 36 heavy (non-hydrogen) atoms. The van der Waals surface area contributed by atoms with Crippen molar-refractivity contribution in [2.24, 2.45) is 10.8 Å². The van der Waals surface area contributed by atoms with Gasteiger partial charge in [-0.15, -0.1) is 0 Å². The Labute approximate surface area is 240 Å². The molecule has 1 heterocycles. The molecule has 0 unspecified atom stereocenters. The zero-order chi connectivity index (χ0) is 25.8. The maximum absolute atomic E-state index is 13.7. The first kappa shape index (κ1) is 25.9. The van der Waals surface area contributed by atoms with E-state index in [0.29, 0.717) is 43.4 Å². The third-order valence-electron chi connectivity index (χ3n) is 7.16. The lowest BCUT2D eigenvalue weighted by Crippen LogP contribution is -2.37. The zero-order valence-corrected chi connectivity index (χ0v) is 25.4. The van der Waals surface area contributed by atoms with Gasteiger partial charge in [0.05, 0.1) is 9.49 Å². The Hall–Kier alpha value is -1.68. The molecule has 2 aromatic rings. The molecule has 0 aromatic heterocycles. The second-order valence-electron chi connectivity index (χ2n) is 11.7. The van der Waals surface area contributed by atoms with Crippen LogP contribution in [0.3, 0.4) is 0 Å². The minimum atomic E-state index is -0.468. The van der Waals surface area contributed by atoms with E-state index in [4.69, 9.17) is 9.47 Å². The Kier molecular flexibility index (Phi) is 6.89. The molecule has 3 aliphatic rings. The monoisotopic (exact) mass is 708 g/mol. The molecular formula is C30H30I2O4. The van der Waals surface area contributed by atoms with E-state index in [1.54, 1.807) is 0 Å². The highest BCUT2D eigenvalue weighted by molar-refractivity contribution is 14.1. The first-order valence-corrected chi connectivity index (χ1v) is 14.5. The summed E-state index contributed by atoms with van der Waals surface area (Å²) in [6.45, 7) is 8.84. The summed E-state index contributed by atoms with van der Waals surface area (Å²) in [6, 6.07) is 14.2. The van der Waals surface area contributed by atoms with Crippen LogP contribution >= 0.6 is 45.2 Å². The van der Waals surface area contributed by atoms with E-state index in [2.05, 4.69) is 85.0 Å². The summed E-state index contributed by atoms with van der Waals surface area (Å²) >= 11 is 4.61. The summed E-state index contributed by atoms with van der Waals surface area (Å²) in [5.74, 6) is 1.86. The molecule has 2 aromatic carbocycles. The van der Waals surface area contributed by atoms with E-state index in [1.165, 1.54) is 0 Å². The highest BCUT2D eigenvalue weighted by atomic mass is 127. The number of ketones is 2. The Balaban J connectivity index is 1.69. The maximum Gasteiger partial charge on any atom is 0.163 e. The van der Waals surface area contributed by atoms with Crippen molar-refractivity contribution in [3.05, 3.63) is 83.4 Å². The van der Waals surface area contributed by atoms with Crippen molar-refractivity contribution < 1.29 is 19.1 Å². The van der Waals surface area contributed by atoms with Crippen LogP contribution in [-0.2, 0) is 20.9 Å². The second kappa shape index (κ2) is 9.57. The normalized spacial score (nSPS) is 21.2. The van der Waals surface area contributed by atoms with Crippen LogP contribution in [0.15, 0.2) is 65.1 Å². The van der Waals surface area contributed by atoms with E-state index in [-0.39, 0.29) is 22.4 Å². The summed E-state index contributed by atoms with van der Waals surface area (Å²) in [4.78, 5) is 27.4. The molecule has 0 atom stereocenters. The lowest BCUT2D eigenvalue weighted by molar-refractivity contribution is -0.120. The molecule has 0 saturated carbocycles. The van der Waals surface area contributed by atoms with Crippen LogP contribution in [0.1, 0.15) is 70.4 Å². The minimum absolute atomic E-state index is 0.0679. The van der Waals surface area contributed by atoms with Crippen LogP contribution in [-0.4, -0.2) is 11.6 Å². The molecule has 0 amide bonds. The SMILES string of the molecule is CC1(C)CC(=O)C2=C(C1)OC1=C(C(=O)CC(C)(C)C1)C2c1cc(I)cc(I)c1OCc1ccccc1. The third-order valence-corrected chi connectivity index (χ3v) is 8.58. The number of halogens is 2. The number of carbonyl (C=O) groups is 2. The van der Waals surface area contributed by atoms with Crippen molar-refractivity contribution >= 4 is 56.7 Å². The van der Waals surface area contributed by atoms with Crippen molar-refractivity contribution in [3.63, 3.8) is 0 Å². The molecular weight excluding hydrogens is 678 g/mol. The lowest BCUT2D eigenvalue weighted by atomic mass is 9.65. The quantitative estimate of drug-likeness (QED) is 0.304. The predicted octanol–water partition coefficient (Wildman–Crippen LogP) is 7.88. The van der Waals surface area contributed by atoms with Gasteiger partial charge in [-0.05, 0) is 73.7 Å². The molecule has 0 saturated heterocycles. The van der Waals surface area contributed by atoms with Crippen LogP contribution in [0.25, 0.3) is 0 Å². The van der Waals surface area contributed by atoms with Crippen molar-refractivity contribution in [3.8, 4) is 5.75 Å². The second-order valence-corrected chi connectivity index (χ2v) is 14.1. The molecule has 6 heteroatoms. The van der Waals surface area contributed by atoms with Gasteiger partial charge in [0.25, 0.3) is 0 Å². The number of Topliss-reactive ketones (excluding diaryl/α,β-unsaturated/α-hetero) is 2. The predicted molar refractivity (Wildman–Crippen MR) is 157 cm³/mol. The Morgan fingerprint density at radius 1 is 0.861 bits per heavy atom. The molecule has 0 N–H and O–H groups in total. The topological polar surface area (TPSA) is 52.6 Å². The standard InChI is InChI=1S/C30H30I2O4/c1-29(2)12-21(33)26-23(14-29)36-24-15-30(3,4)13-22(34)27(24)25(26)19-10-18(31)11-20(32)28(19)35-16-17-8-6-5-7-9-17/h5-11,25H,12-16H2,1-4H3. The van der Waals surface area contributed by atoms with E-state index in [9.17, 15) is 9.59 Å². The van der Waals surface area contributed by atoms with Gasteiger partial charge < -0.3 is 9.47 Å². The first-order chi connectivity index (χ1) is 16.9.